The summed E-state index contributed by atoms with van der Waals surface area (Å²) in [5, 5.41) is 7.14. The first-order chi connectivity index (χ1) is 9.99. The van der Waals surface area contributed by atoms with Gasteiger partial charge in [0.05, 0.1) is 11.6 Å². The Labute approximate surface area is 137 Å². The molecule has 0 radical (unpaired) electrons. The van der Waals surface area contributed by atoms with Crippen LogP contribution in [0.2, 0.25) is 0 Å². The lowest BCUT2D eigenvalue weighted by Crippen LogP contribution is -2.34. The number of rotatable bonds is 5. The Kier molecular flexibility index (Phi) is 5.50. The van der Waals surface area contributed by atoms with Gasteiger partial charge < -0.3 is 10.2 Å². The van der Waals surface area contributed by atoms with Crippen LogP contribution in [0.25, 0.3) is 0 Å². The molecule has 0 aliphatic rings. The van der Waals surface area contributed by atoms with Crippen molar-refractivity contribution < 1.29 is 4.79 Å². The molecule has 1 N–H and O–H groups in total. The number of aromatic nitrogens is 1. The molecule has 2 aromatic heterocycles. The van der Waals surface area contributed by atoms with Crippen molar-refractivity contribution >= 4 is 33.2 Å². The van der Waals surface area contributed by atoms with Crippen LogP contribution >= 0.6 is 27.3 Å². The zero-order chi connectivity index (χ0) is 15.4. The van der Waals surface area contributed by atoms with Gasteiger partial charge in [-0.05, 0) is 71.5 Å². The minimum absolute atomic E-state index is 0.114. The van der Waals surface area contributed by atoms with Gasteiger partial charge in [0.25, 0.3) is 5.91 Å². The Morgan fingerprint density at radius 3 is 2.76 bits per heavy atom. The van der Waals surface area contributed by atoms with Crippen molar-refractivity contribution in [1.29, 1.82) is 0 Å². The number of nitrogens with one attached hydrogen (secondary N) is 1. The Morgan fingerprint density at radius 2 is 2.19 bits per heavy atom. The lowest BCUT2D eigenvalue weighted by Gasteiger charge is -2.24. The Hall–Kier alpha value is -1.24. The first-order valence-corrected chi connectivity index (χ1v) is 8.32. The van der Waals surface area contributed by atoms with Crippen molar-refractivity contribution in [2.75, 3.05) is 20.6 Å². The second kappa shape index (κ2) is 7.15. The van der Waals surface area contributed by atoms with E-state index in [0.29, 0.717) is 16.7 Å². The first-order valence-electron chi connectivity index (χ1n) is 6.59. The number of thiophene rings is 1. The molecule has 0 aliphatic heterocycles. The standard InChI is InChI=1S/C15H18BrN3OS/c1-10-4-5-12(14(16)18-10)15(20)17-8-13(19(2)3)11-6-7-21-9-11/h4-7,9,13H,8H2,1-3H3,(H,17,20). The largest absolute Gasteiger partial charge is 0.350 e. The van der Waals surface area contributed by atoms with Crippen LogP contribution in [-0.2, 0) is 0 Å². The predicted molar refractivity (Wildman–Crippen MR) is 89.8 cm³/mol. The van der Waals surface area contributed by atoms with Gasteiger partial charge in [0, 0.05) is 12.2 Å². The van der Waals surface area contributed by atoms with Gasteiger partial charge in [-0.2, -0.15) is 11.3 Å². The molecule has 1 unspecified atom stereocenters. The Bertz CT molecular complexity index is 613. The van der Waals surface area contributed by atoms with Crippen molar-refractivity contribution in [3.05, 3.63) is 50.4 Å². The van der Waals surface area contributed by atoms with Gasteiger partial charge >= 0.3 is 0 Å². The topological polar surface area (TPSA) is 45.2 Å². The third-order valence-electron chi connectivity index (χ3n) is 3.24. The molecule has 0 aromatic carbocycles. The van der Waals surface area contributed by atoms with E-state index in [1.807, 2.05) is 32.5 Å². The zero-order valence-electron chi connectivity index (χ0n) is 12.3. The number of carbonyl (C=O) groups excluding carboxylic acids is 1. The summed E-state index contributed by atoms with van der Waals surface area (Å²) in [6.45, 7) is 2.45. The maximum atomic E-state index is 12.3. The fourth-order valence-electron chi connectivity index (χ4n) is 2.04. The van der Waals surface area contributed by atoms with E-state index in [-0.39, 0.29) is 11.9 Å². The maximum absolute atomic E-state index is 12.3. The highest BCUT2D eigenvalue weighted by Crippen LogP contribution is 2.20. The molecule has 21 heavy (non-hydrogen) atoms. The minimum atomic E-state index is -0.114. The molecule has 0 aliphatic carbocycles. The number of hydrogen-bond donors (Lipinski definition) is 1. The van der Waals surface area contributed by atoms with Crippen molar-refractivity contribution in [2.24, 2.45) is 0 Å². The summed E-state index contributed by atoms with van der Waals surface area (Å²) in [7, 11) is 4.02. The smallest absolute Gasteiger partial charge is 0.254 e. The molecule has 112 valence electrons. The number of aryl methyl sites for hydroxylation is 1. The van der Waals surface area contributed by atoms with Gasteiger partial charge in [-0.15, -0.1) is 0 Å². The van der Waals surface area contributed by atoms with E-state index < -0.39 is 0 Å². The summed E-state index contributed by atoms with van der Waals surface area (Å²) in [6, 6.07) is 5.88. The van der Waals surface area contributed by atoms with Crippen LogP contribution in [-0.4, -0.2) is 36.4 Å². The van der Waals surface area contributed by atoms with Crippen LogP contribution in [0.4, 0.5) is 0 Å². The molecular weight excluding hydrogens is 350 g/mol. The summed E-state index contributed by atoms with van der Waals surface area (Å²) in [4.78, 5) is 18.6. The van der Waals surface area contributed by atoms with Crippen LogP contribution in [0, 0.1) is 6.92 Å². The summed E-state index contributed by atoms with van der Waals surface area (Å²) in [5.74, 6) is -0.114. The normalized spacial score (nSPS) is 12.4. The molecule has 0 saturated heterocycles. The van der Waals surface area contributed by atoms with Gasteiger partial charge in [0.2, 0.25) is 0 Å². The molecular formula is C15H18BrN3OS. The molecule has 6 heteroatoms. The number of hydrogen-bond acceptors (Lipinski definition) is 4. The lowest BCUT2D eigenvalue weighted by atomic mass is 10.1. The lowest BCUT2D eigenvalue weighted by molar-refractivity contribution is 0.0940. The van der Waals surface area contributed by atoms with Crippen molar-refractivity contribution in [1.82, 2.24) is 15.2 Å². The van der Waals surface area contributed by atoms with E-state index in [4.69, 9.17) is 0 Å². The zero-order valence-corrected chi connectivity index (χ0v) is 14.7. The van der Waals surface area contributed by atoms with Crippen molar-refractivity contribution in [3.8, 4) is 0 Å². The number of nitrogens with zero attached hydrogens (tertiary/aromatic N) is 2. The van der Waals surface area contributed by atoms with Gasteiger partial charge in [0.1, 0.15) is 4.60 Å². The summed E-state index contributed by atoms with van der Waals surface area (Å²) >= 11 is 5.00. The van der Waals surface area contributed by atoms with E-state index >= 15 is 0 Å². The number of amides is 1. The van der Waals surface area contributed by atoms with Gasteiger partial charge in [0.15, 0.2) is 0 Å². The molecule has 1 amide bonds. The molecule has 4 nitrogen and oxygen atoms in total. The number of halogens is 1. The van der Waals surface area contributed by atoms with Gasteiger partial charge in [-0.1, -0.05) is 0 Å². The molecule has 0 saturated carbocycles. The summed E-state index contributed by atoms with van der Waals surface area (Å²) in [5.41, 5.74) is 2.65. The fourth-order valence-corrected chi connectivity index (χ4v) is 3.34. The highest BCUT2D eigenvalue weighted by Gasteiger charge is 2.17. The fraction of sp³-hybridized carbons (Fsp3) is 0.333. The van der Waals surface area contributed by atoms with Gasteiger partial charge in [-0.3, -0.25) is 4.79 Å². The van der Waals surface area contributed by atoms with Crippen LogP contribution in [0.3, 0.4) is 0 Å². The summed E-state index contributed by atoms with van der Waals surface area (Å²) < 4.78 is 0.580. The molecule has 1 atom stereocenters. The van der Waals surface area contributed by atoms with E-state index in [1.54, 1.807) is 17.4 Å². The molecule has 0 bridgehead atoms. The third-order valence-corrected chi connectivity index (χ3v) is 4.55. The predicted octanol–water partition coefficient (Wildman–Crippen LogP) is 3.25. The molecule has 0 spiro atoms. The monoisotopic (exact) mass is 367 g/mol. The average Bonchev–Trinajstić information content (AvgIpc) is 2.92. The van der Waals surface area contributed by atoms with Crippen LogP contribution in [0.5, 0.6) is 0 Å². The highest BCUT2D eigenvalue weighted by molar-refractivity contribution is 9.10. The van der Waals surface area contributed by atoms with Gasteiger partial charge in [-0.25, -0.2) is 4.98 Å². The third kappa shape index (κ3) is 4.12. The molecule has 2 rings (SSSR count). The SMILES string of the molecule is Cc1ccc(C(=O)NCC(c2ccsc2)N(C)C)c(Br)n1. The van der Waals surface area contributed by atoms with Crippen LogP contribution in [0.1, 0.15) is 27.7 Å². The average molecular weight is 368 g/mol. The Morgan fingerprint density at radius 1 is 1.43 bits per heavy atom. The number of carbonyl (C=O) groups is 1. The van der Waals surface area contributed by atoms with Crippen LogP contribution < -0.4 is 5.32 Å². The summed E-state index contributed by atoms with van der Waals surface area (Å²) in [6.07, 6.45) is 0. The highest BCUT2D eigenvalue weighted by atomic mass is 79.9. The van der Waals surface area contributed by atoms with Crippen molar-refractivity contribution in [3.63, 3.8) is 0 Å². The molecule has 2 heterocycles. The van der Waals surface area contributed by atoms with E-state index in [9.17, 15) is 4.79 Å². The van der Waals surface area contributed by atoms with Crippen molar-refractivity contribution in [2.45, 2.75) is 13.0 Å². The second-order valence-electron chi connectivity index (χ2n) is 5.04. The number of likely N-dealkylation sites (N-methyl/N-ethyl adjacent to an activating group) is 1. The molecule has 2 aromatic rings. The van der Waals surface area contributed by atoms with E-state index in [2.05, 4.69) is 42.6 Å². The van der Waals surface area contributed by atoms with E-state index in [1.165, 1.54) is 5.56 Å². The van der Waals surface area contributed by atoms with Crippen LogP contribution in [0.15, 0.2) is 33.6 Å². The first kappa shape index (κ1) is 16.1. The quantitative estimate of drug-likeness (QED) is 0.825. The molecule has 0 fully saturated rings. The Balaban J connectivity index is 2.05. The second-order valence-corrected chi connectivity index (χ2v) is 6.57. The number of pyridine rings is 1. The maximum Gasteiger partial charge on any atom is 0.254 e. The van der Waals surface area contributed by atoms with E-state index in [0.717, 1.165) is 5.69 Å². The minimum Gasteiger partial charge on any atom is -0.350 e.